The summed E-state index contributed by atoms with van der Waals surface area (Å²) in [4.78, 5) is 30.4. The Bertz CT molecular complexity index is 1770. The van der Waals surface area contributed by atoms with Gasteiger partial charge < -0.3 is 19.5 Å². The first-order valence-corrected chi connectivity index (χ1v) is 15.3. The van der Waals surface area contributed by atoms with Crippen molar-refractivity contribution >= 4 is 23.4 Å². The van der Waals surface area contributed by atoms with Crippen molar-refractivity contribution in [2.45, 2.75) is 33.7 Å². The van der Waals surface area contributed by atoms with Crippen molar-refractivity contribution in [3.8, 4) is 22.8 Å². The lowest BCUT2D eigenvalue weighted by molar-refractivity contribution is 0.0937. The third-order valence-electron chi connectivity index (χ3n) is 7.22. The molecule has 1 heterocycles. The Morgan fingerprint density at radius 2 is 1.70 bits per heavy atom. The van der Waals surface area contributed by atoms with Crippen LogP contribution in [0.1, 0.15) is 41.8 Å². The molecule has 0 radical (unpaired) electrons. The van der Waals surface area contributed by atoms with Crippen molar-refractivity contribution < 1.29 is 23.2 Å². The predicted octanol–water partition coefficient (Wildman–Crippen LogP) is 8.13. The van der Waals surface area contributed by atoms with Gasteiger partial charge >= 0.3 is 6.09 Å². The van der Waals surface area contributed by atoms with Crippen LogP contribution in [0.2, 0.25) is 0 Å². The fourth-order valence-electron chi connectivity index (χ4n) is 4.57. The van der Waals surface area contributed by atoms with Gasteiger partial charge in [-0.2, -0.15) is 4.98 Å². The Morgan fingerprint density at radius 1 is 0.936 bits per heavy atom. The largest absolute Gasteiger partial charge is 0.453 e. The number of carbonyl (C=O) groups is 2. The number of imide groups is 1. The standard InChI is InChI=1S/C30H32FN5O4.C7H8/c1-19(2)13-14-36(3)26-12-11-21(17-25(26)32-18-20-7-5-10-24(31)15-20)27-33-29(40-35-27)23-9-6-8-22(16-23)28(37)34-30(38)39-4;1-7-5-3-2-4-6-7/h5-12,15-17,19,32H,13-14,18H2,1-4H3,(H,34,37,38);2-6H,1H3. The summed E-state index contributed by atoms with van der Waals surface area (Å²) >= 11 is 0. The fourth-order valence-corrected chi connectivity index (χ4v) is 4.57. The van der Waals surface area contributed by atoms with Gasteiger partial charge in [-0.3, -0.25) is 10.1 Å². The number of halogens is 1. The van der Waals surface area contributed by atoms with E-state index >= 15 is 0 Å². The van der Waals surface area contributed by atoms with E-state index in [9.17, 15) is 14.0 Å². The number of hydrogen-bond acceptors (Lipinski definition) is 8. The van der Waals surface area contributed by atoms with Crippen molar-refractivity contribution in [3.05, 3.63) is 120 Å². The molecule has 47 heavy (non-hydrogen) atoms. The third kappa shape index (κ3) is 10.3. The first-order chi connectivity index (χ1) is 22.6. The summed E-state index contributed by atoms with van der Waals surface area (Å²) in [7, 11) is 3.22. The smallest absolute Gasteiger partial charge is 0.413 e. The number of methoxy groups -OCH3 is 1. The van der Waals surface area contributed by atoms with Crippen molar-refractivity contribution in [2.24, 2.45) is 5.92 Å². The van der Waals surface area contributed by atoms with Crippen LogP contribution < -0.4 is 15.5 Å². The van der Waals surface area contributed by atoms with E-state index in [2.05, 4.69) is 63.3 Å². The maximum absolute atomic E-state index is 13.7. The van der Waals surface area contributed by atoms with Crippen LogP contribution in [0.5, 0.6) is 0 Å². The van der Waals surface area contributed by atoms with Crippen LogP contribution in [0.3, 0.4) is 0 Å². The normalized spacial score (nSPS) is 10.5. The summed E-state index contributed by atoms with van der Waals surface area (Å²) in [5, 5.41) is 9.71. The van der Waals surface area contributed by atoms with Gasteiger partial charge in [0.05, 0.1) is 18.5 Å². The molecular weight excluding hydrogens is 597 g/mol. The molecule has 9 nitrogen and oxygen atoms in total. The summed E-state index contributed by atoms with van der Waals surface area (Å²) in [6.45, 7) is 7.77. The van der Waals surface area contributed by atoms with Crippen LogP contribution in [0, 0.1) is 18.7 Å². The van der Waals surface area contributed by atoms with Crippen LogP contribution >= 0.6 is 0 Å². The molecule has 0 spiro atoms. The highest BCUT2D eigenvalue weighted by atomic mass is 19.1. The second kappa shape index (κ2) is 16.7. The number of aryl methyl sites for hydroxylation is 1. The second-order valence-electron chi connectivity index (χ2n) is 11.4. The average molecular weight is 638 g/mol. The molecule has 2 N–H and O–H groups in total. The highest BCUT2D eigenvalue weighted by molar-refractivity contribution is 6.03. The molecule has 0 saturated carbocycles. The van der Waals surface area contributed by atoms with Crippen molar-refractivity contribution in [1.82, 2.24) is 15.5 Å². The zero-order valence-corrected chi connectivity index (χ0v) is 27.3. The molecule has 0 atom stereocenters. The first kappa shape index (κ1) is 34.4. The number of ether oxygens (including phenoxy) is 1. The lowest BCUT2D eigenvalue weighted by Crippen LogP contribution is -2.30. The molecule has 0 fully saturated rings. The number of carbonyl (C=O) groups excluding carboxylic acids is 2. The highest BCUT2D eigenvalue weighted by Crippen LogP contribution is 2.32. The number of alkyl carbamates (subject to hydrolysis) is 1. The molecular formula is C37H40FN5O4. The monoisotopic (exact) mass is 637 g/mol. The zero-order chi connectivity index (χ0) is 33.8. The molecule has 1 aromatic heterocycles. The van der Waals surface area contributed by atoms with Crippen LogP contribution in [0.4, 0.5) is 20.6 Å². The second-order valence-corrected chi connectivity index (χ2v) is 11.4. The number of nitrogens with one attached hydrogen (secondary N) is 2. The highest BCUT2D eigenvalue weighted by Gasteiger charge is 2.17. The van der Waals surface area contributed by atoms with Crippen LogP contribution in [-0.2, 0) is 11.3 Å². The lowest BCUT2D eigenvalue weighted by Gasteiger charge is -2.24. The molecule has 244 valence electrons. The van der Waals surface area contributed by atoms with E-state index in [1.807, 2.05) is 49.5 Å². The predicted molar refractivity (Wildman–Crippen MR) is 183 cm³/mol. The third-order valence-corrected chi connectivity index (χ3v) is 7.22. The van der Waals surface area contributed by atoms with E-state index in [1.165, 1.54) is 24.8 Å². The molecule has 5 aromatic rings. The maximum atomic E-state index is 13.7. The van der Waals surface area contributed by atoms with Gasteiger partial charge in [0.25, 0.3) is 11.8 Å². The Kier molecular flexibility index (Phi) is 12.2. The van der Waals surface area contributed by atoms with Crippen LogP contribution in [-0.4, -0.2) is 42.8 Å². The molecule has 5 rings (SSSR count). The van der Waals surface area contributed by atoms with E-state index in [4.69, 9.17) is 4.52 Å². The molecule has 4 aromatic carbocycles. The van der Waals surface area contributed by atoms with E-state index in [1.54, 1.807) is 30.3 Å². The molecule has 10 heteroatoms. The van der Waals surface area contributed by atoms with E-state index in [-0.39, 0.29) is 17.3 Å². The van der Waals surface area contributed by atoms with Crippen LogP contribution in [0.15, 0.2) is 102 Å². The number of rotatable bonds is 10. The van der Waals surface area contributed by atoms with Gasteiger partial charge in [0.15, 0.2) is 0 Å². The van der Waals surface area contributed by atoms with Gasteiger partial charge in [-0.15, -0.1) is 0 Å². The Hall–Kier alpha value is -5.51. The number of aromatic nitrogens is 2. The van der Waals surface area contributed by atoms with Gasteiger partial charge in [0.2, 0.25) is 5.82 Å². The van der Waals surface area contributed by atoms with E-state index in [0.29, 0.717) is 23.9 Å². The van der Waals surface area contributed by atoms with Crippen LogP contribution in [0.25, 0.3) is 22.8 Å². The average Bonchev–Trinajstić information content (AvgIpc) is 3.57. The van der Waals surface area contributed by atoms with Gasteiger partial charge in [-0.1, -0.05) is 73.1 Å². The zero-order valence-electron chi connectivity index (χ0n) is 27.3. The minimum atomic E-state index is -0.851. The fraction of sp³-hybridized carbons (Fsp3) is 0.243. The maximum Gasteiger partial charge on any atom is 0.413 e. The molecule has 0 aliphatic heterocycles. The van der Waals surface area contributed by atoms with E-state index in [0.717, 1.165) is 35.5 Å². The number of benzene rings is 4. The number of nitrogens with zero attached hydrogens (tertiary/aromatic N) is 3. The number of hydrogen-bond donors (Lipinski definition) is 2. The lowest BCUT2D eigenvalue weighted by atomic mass is 10.1. The number of amides is 2. The SMILES string of the molecule is COC(=O)NC(=O)c1cccc(-c2nc(-c3ccc(N(C)CCC(C)C)c(NCc4cccc(F)c4)c3)no2)c1.Cc1ccccc1. The molecule has 0 bridgehead atoms. The molecule has 0 aliphatic carbocycles. The Balaban J connectivity index is 0.000000632. The quantitative estimate of drug-likeness (QED) is 0.158. The first-order valence-electron chi connectivity index (χ1n) is 15.3. The summed E-state index contributed by atoms with van der Waals surface area (Å²) in [6, 6.07) is 29.1. The van der Waals surface area contributed by atoms with Crippen molar-refractivity contribution in [3.63, 3.8) is 0 Å². The minimum Gasteiger partial charge on any atom is -0.453 e. The molecule has 2 amide bonds. The van der Waals surface area contributed by atoms with E-state index < -0.39 is 12.0 Å². The van der Waals surface area contributed by atoms with Gasteiger partial charge in [-0.05, 0) is 73.4 Å². The number of anilines is 2. The molecule has 0 saturated heterocycles. The van der Waals surface area contributed by atoms with Crippen molar-refractivity contribution in [2.75, 3.05) is 30.9 Å². The van der Waals surface area contributed by atoms with Gasteiger partial charge in [0.1, 0.15) is 5.82 Å². The van der Waals surface area contributed by atoms with Gasteiger partial charge in [-0.25, -0.2) is 9.18 Å². The Morgan fingerprint density at radius 3 is 2.38 bits per heavy atom. The molecule has 0 unspecified atom stereocenters. The topological polar surface area (TPSA) is 110 Å². The summed E-state index contributed by atoms with van der Waals surface area (Å²) < 4.78 is 23.7. The summed E-state index contributed by atoms with van der Waals surface area (Å²) in [5.74, 6) is 0.251. The Labute approximate surface area is 274 Å². The molecule has 0 aliphatic rings. The minimum absolute atomic E-state index is 0.218. The van der Waals surface area contributed by atoms with Gasteiger partial charge in [0, 0.05) is 36.8 Å². The summed E-state index contributed by atoms with van der Waals surface area (Å²) in [5.41, 5.74) is 5.46. The summed E-state index contributed by atoms with van der Waals surface area (Å²) in [6.07, 6.45) is 0.183. The van der Waals surface area contributed by atoms with Crippen molar-refractivity contribution in [1.29, 1.82) is 0 Å².